The van der Waals surface area contributed by atoms with Crippen molar-refractivity contribution in [2.75, 3.05) is 37.9 Å². The molecule has 0 aliphatic rings. The topological polar surface area (TPSA) is 126 Å². The van der Waals surface area contributed by atoms with Gasteiger partial charge >= 0.3 is 0 Å². The van der Waals surface area contributed by atoms with Gasteiger partial charge in [-0.2, -0.15) is 0 Å². The molecule has 6 N–H and O–H groups in total. The number of pyridine rings is 1. The number of nitrogens with two attached hydrogens (primary N) is 1. The third kappa shape index (κ3) is 5.58. The van der Waals surface area contributed by atoms with Gasteiger partial charge in [-0.05, 0) is 6.92 Å². The molecule has 1 aromatic heterocycles. The van der Waals surface area contributed by atoms with Crippen molar-refractivity contribution >= 4 is 17.4 Å². The lowest BCUT2D eigenvalue weighted by atomic mass is 10.2. The van der Waals surface area contributed by atoms with Gasteiger partial charge in [0, 0.05) is 31.6 Å². The van der Waals surface area contributed by atoms with Crippen LogP contribution in [0.15, 0.2) is 24.7 Å². The fraction of sp³-hybridized carbons (Fsp3) is 0.429. The molecule has 0 saturated heterocycles. The minimum atomic E-state index is -0.629. The summed E-state index contributed by atoms with van der Waals surface area (Å²) >= 11 is 0. The minimum absolute atomic E-state index is 0.0151. The second-order valence-electron chi connectivity index (χ2n) is 4.51. The number of aliphatic hydroxyl groups excluding tert-OH is 1. The van der Waals surface area contributed by atoms with E-state index in [4.69, 9.17) is 20.6 Å². The van der Waals surface area contributed by atoms with Crippen LogP contribution < -0.4 is 16.4 Å². The highest BCUT2D eigenvalue weighted by Crippen LogP contribution is 2.16. The van der Waals surface area contributed by atoms with Gasteiger partial charge in [0.25, 0.3) is 0 Å². The molecular weight excluding hydrogens is 286 g/mol. The number of hydrogen-bond acceptors (Lipinski definition) is 8. The zero-order valence-electron chi connectivity index (χ0n) is 12.8. The van der Waals surface area contributed by atoms with Crippen LogP contribution in [0.5, 0.6) is 0 Å². The molecule has 0 unspecified atom stereocenters. The predicted octanol–water partition coefficient (Wildman–Crippen LogP) is 0.506. The molecule has 0 aliphatic carbocycles. The summed E-state index contributed by atoms with van der Waals surface area (Å²) < 4.78 is 9.92. The number of aromatic nitrogens is 1. The second-order valence-corrected chi connectivity index (χ2v) is 4.51. The average molecular weight is 309 g/mol. The van der Waals surface area contributed by atoms with Crippen molar-refractivity contribution in [1.29, 1.82) is 5.41 Å². The summed E-state index contributed by atoms with van der Waals surface area (Å²) in [5, 5.41) is 23.1. The fourth-order valence-corrected chi connectivity index (χ4v) is 1.64. The second kappa shape index (κ2) is 8.85. The molecule has 22 heavy (non-hydrogen) atoms. The molecule has 122 valence electrons. The molecule has 0 aromatic carbocycles. The van der Waals surface area contributed by atoms with E-state index in [1.807, 2.05) is 0 Å². The standard InChI is InChI=1S/C14H23N5O3/c1-4-22-14(16)11-7-18-13(5-12(11)15)19-9(2)17-6-10(20)8-21-3/h5,7,10,16-17,20H,2,4,6,8H2,1,3H3,(H3,15,18,19)/t10-/m1/s1. The molecule has 8 heteroatoms. The Hall–Kier alpha value is -2.32. The maximum atomic E-state index is 9.53. The largest absolute Gasteiger partial charge is 0.478 e. The first-order chi connectivity index (χ1) is 10.5. The van der Waals surface area contributed by atoms with E-state index in [-0.39, 0.29) is 12.5 Å². The quantitative estimate of drug-likeness (QED) is 0.332. The van der Waals surface area contributed by atoms with E-state index >= 15 is 0 Å². The fourth-order valence-electron chi connectivity index (χ4n) is 1.64. The molecule has 0 radical (unpaired) electrons. The maximum absolute atomic E-state index is 9.53. The smallest absolute Gasteiger partial charge is 0.216 e. The van der Waals surface area contributed by atoms with Gasteiger partial charge in [-0.15, -0.1) is 0 Å². The lowest BCUT2D eigenvalue weighted by Crippen LogP contribution is -2.31. The van der Waals surface area contributed by atoms with Gasteiger partial charge < -0.3 is 30.9 Å². The molecule has 0 spiro atoms. The SMILES string of the molecule is C=C(NC[C@@H](O)COC)Nc1cc(N)c(C(=N)OCC)cn1. The predicted molar refractivity (Wildman–Crippen MR) is 85.8 cm³/mol. The van der Waals surface area contributed by atoms with Crippen molar-refractivity contribution in [2.24, 2.45) is 0 Å². The van der Waals surface area contributed by atoms with Crippen molar-refractivity contribution in [3.63, 3.8) is 0 Å². The zero-order valence-corrected chi connectivity index (χ0v) is 12.8. The summed E-state index contributed by atoms with van der Waals surface area (Å²) in [4.78, 5) is 4.15. The summed E-state index contributed by atoms with van der Waals surface area (Å²) in [5.74, 6) is 0.928. The Labute approximate surface area is 129 Å². The molecule has 1 rings (SSSR count). The number of nitrogens with zero attached hydrogens (tertiary/aromatic N) is 1. The first-order valence-electron chi connectivity index (χ1n) is 6.82. The lowest BCUT2D eigenvalue weighted by molar-refractivity contribution is 0.0662. The normalized spacial score (nSPS) is 11.6. The van der Waals surface area contributed by atoms with Crippen molar-refractivity contribution < 1.29 is 14.6 Å². The van der Waals surface area contributed by atoms with Gasteiger partial charge in [0.1, 0.15) is 5.82 Å². The van der Waals surface area contributed by atoms with Crippen LogP contribution >= 0.6 is 0 Å². The lowest BCUT2D eigenvalue weighted by Gasteiger charge is -2.15. The highest BCUT2D eigenvalue weighted by atomic mass is 16.5. The third-order valence-electron chi connectivity index (χ3n) is 2.66. The molecule has 1 aromatic rings. The van der Waals surface area contributed by atoms with E-state index in [1.165, 1.54) is 13.3 Å². The number of methoxy groups -OCH3 is 1. The molecular formula is C14H23N5O3. The Morgan fingerprint density at radius 3 is 2.91 bits per heavy atom. The summed E-state index contributed by atoms with van der Waals surface area (Å²) in [7, 11) is 1.52. The van der Waals surface area contributed by atoms with Gasteiger partial charge in [-0.3, -0.25) is 5.41 Å². The average Bonchev–Trinajstić information content (AvgIpc) is 2.46. The Morgan fingerprint density at radius 1 is 1.59 bits per heavy atom. The molecule has 0 amide bonds. The summed E-state index contributed by atoms with van der Waals surface area (Å²) in [5.41, 5.74) is 6.69. The van der Waals surface area contributed by atoms with Crippen molar-refractivity contribution in [2.45, 2.75) is 13.0 Å². The third-order valence-corrected chi connectivity index (χ3v) is 2.66. The first-order valence-corrected chi connectivity index (χ1v) is 6.82. The van der Waals surface area contributed by atoms with Gasteiger partial charge in [0.05, 0.1) is 30.7 Å². The molecule has 0 saturated carbocycles. The number of anilines is 2. The molecule has 0 fully saturated rings. The van der Waals surface area contributed by atoms with Crippen LogP contribution in [-0.2, 0) is 9.47 Å². The molecule has 0 aliphatic heterocycles. The van der Waals surface area contributed by atoms with E-state index in [9.17, 15) is 5.11 Å². The van der Waals surface area contributed by atoms with Crippen LogP contribution in [0.4, 0.5) is 11.5 Å². The summed E-state index contributed by atoms with van der Waals surface area (Å²) in [6.45, 7) is 6.49. The van der Waals surface area contributed by atoms with E-state index < -0.39 is 6.10 Å². The van der Waals surface area contributed by atoms with E-state index in [0.717, 1.165) is 0 Å². The Balaban J connectivity index is 2.58. The highest BCUT2D eigenvalue weighted by molar-refractivity contribution is 5.97. The number of nitrogens with one attached hydrogen (secondary N) is 3. The van der Waals surface area contributed by atoms with E-state index in [0.29, 0.717) is 36.0 Å². The number of rotatable bonds is 9. The Kier molecular flexibility index (Phi) is 7.14. The van der Waals surface area contributed by atoms with Crippen LogP contribution in [0.2, 0.25) is 0 Å². The van der Waals surface area contributed by atoms with Crippen LogP contribution in [0.3, 0.4) is 0 Å². The van der Waals surface area contributed by atoms with Gasteiger partial charge in [-0.25, -0.2) is 4.98 Å². The van der Waals surface area contributed by atoms with Crippen molar-refractivity contribution in [3.05, 3.63) is 30.2 Å². The van der Waals surface area contributed by atoms with Crippen molar-refractivity contribution in [1.82, 2.24) is 10.3 Å². The minimum Gasteiger partial charge on any atom is -0.478 e. The molecule has 0 bridgehead atoms. The number of hydrogen-bond donors (Lipinski definition) is 5. The summed E-state index contributed by atoms with van der Waals surface area (Å²) in [6, 6.07) is 1.58. The van der Waals surface area contributed by atoms with E-state index in [2.05, 4.69) is 22.2 Å². The summed E-state index contributed by atoms with van der Waals surface area (Å²) in [6.07, 6.45) is 0.832. The van der Waals surface area contributed by atoms with E-state index in [1.54, 1.807) is 13.0 Å². The van der Waals surface area contributed by atoms with Crippen LogP contribution in [0, 0.1) is 5.41 Å². The number of aliphatic hydroxyl groups is 1. The van der Waals surface area contributed by atoms with Crippen LogP contribution in [0.1, 0.15) is 12.5 Å². The van der Waals surface area contributed by atoms with Gasteiger partial charge in [-0.1, -0.05) is 6.58 Å². The van der Waals surface area contributed by atoms with Gasteiger partial charge in [0.2, 0.25) is 5.90 Å². The number of ether oxygens (including phenoxy) is 2. The highest BCUT2D eigenvalue weighted by Gasteiger charge is 2.09. The first kappa shape index (κ1) is 17.7. The zero-order chi connectivity index (χ0) is 16.5. The van der Waals surface area contributed by atoms with Crippen LogP contribution in [0.25, 0.3) is 0 Å². The Morgan fingerprint density at radius 2 is 2.32 bits per heavy atom. The molecule has 1 heterocycles. The van der Waals surface area contributed by atoms with Crippen molar-refractivity contribution in [3.8, 4) is 0 Å². The monoisotopic (exact) mass is 309 g/mol. The molecule has 1 atom stereocenters. The number of nitrogen functional groups attached to an aromatic ring is 1. The molecule has 8 nitrogen and oxygen atoms in total. The maximum Gasteiger partial charge on any atom is 0.216 e. The van der Waals surface area contributed by atoms with Crippen LogP contribution in [-0.4, -0.2) is 49.0 Å². The Bertz CT molecular complexity index is 521. The van der Waals surface area contributed by atoms with Gasteiger partial charge in [0.15, 0.2) is 0 Å².